The van der Waals surface area contributed by atoms with Gasteiger partial charge in [-0.25, -0.2) is 8.42 Å². The van der Waals surface area contributed by atoms with E-state index < -0.39 is 10.0 Å². The Labute approximate surface area is 172 Å². The summed E-state index contributed by atoms with van der Waals surface area (Å²) in [4.78, 5) is 14.8. The molecule has 8 heteroatoms. The van der Waals surface area contributed by atoms with Crippen LogP contribution in [0, 0.1) is 5.92 Å². The molecule has 1 aromatic rings. The highest BCUT2D eigenvalue weighted by Crippen LogP contribution is 2.29. The highest BCUT2D eigenvalue weighted by atomic mass is 35.5. The van der Waals surface area contributed by atoms with Gasteiger partial charge in [0, 0.05) is 38.3 Å². The maximum atomic E-state index is 13.1. The molecular formula is C20H29ClN2O4S. The van der Waals surface area contributed by atoms with Crippen molar-refractivity contribution >= 4 is 27.5 Å². The molecule has 2 aliphatic rings. The molecular weight excluding hydrogens is 400 g/mol. The van der Waals surface area contributed by atoms with Gasteiger partial charge in [0.2, 0.25) is 10.0 Å². The van der Waals surface area contributed by atoms with E-state index in [-0.39, 0.29) is 21.9 Å². The van der Waals surface area contributed by atoms with E-state index in [1.165, 1.54) is 16.4 Å². The van der Waals surface area contributed by atoms with Crippen molar-refractivity contribution in [2.75, 3.05) is 32.8 Å². The summed E-state index contributed by atoms with van der Waals surface area (Å²) in [7, 11) is -3.73. The first-order valence-electron chi connectivity index (χ1n) is 10.0. The first kappa shape index (κ1) is 21.6. The lowest BCUT2D eigenvalue weighted by atomic mass is 10.0. The predicted octanol–water partition coefficient (Wildman–Crippen LogP) is 3.40. The standard InChI is InChI=1S/C20H29ClN2O4S/c1-3-27-17-7-5-10-22(14-17)20(24)16-8-9-18(21)19(12-16)28(25,26)23-11-4-6-15(2)13-23/h8-9,12,15,17H,3-7,10-11,13-14H2,1-2H3. The second-order valence-corrected chi connectivity index (χ2v) is 10.0. The van der Waals surface area contributed by atoms with Gasteiger partial charge in [-0.1, -0.05) is 18.5 Å². The molecule has 1 amide bonds. The fraction of sp³-hybridized carbons (Fsp3) is 0.650. The predicted molar refractivity (Wildman–Crippen MR) is 109 cm³/mol. The van der Waals surface area contributed by atoms with Gasteiger partial charge in [0.1, 0.15) is 4.90 Å². The first-order valence-corrected chi connectivity index (χ1v) is 11.8. The molecule has 0 saturated carbocycles. The molecule has 2 heterocycles. The van der Waals surface area contributed by atoms with Crippen molar-refractivity contribution in [3.63, 3.8) is 0 Å². The van der Waals surface area contributed by atoms with Crippen LogP contribution in [-0.2, 0) is 14.8 Å². The van der Waals surface area contributed by atoms with Crippen LogP contribution in [0.3, 0.4) is 0 Å². The molecule has 0 aliphatic carbocycles. The molecule has 1 aromatic carbocycles. The van der Waals surface area contributed by atoms with Crippen LogP contribution in [0.4, 0.5) is 0 Å². The fourth-order valence-corrected chi connectivity index (χ4v) is 6.11. The van der Waals surface area contributed by atoms with Crippen molar-refractivity contribution in [1.82, 2.24) is 9.21 Å². The number of carbonyl (C=O) groups excluding carboxylic acids is 1. The van der Waals surface area contributed by atoms with Crippen molar-refractivity contribution in [3.05, 3.63) is 28.8 Å². The Kier molecular flexibility index (Phi) is 7.02. The first-order chi connectivity index (χ1) is 13.3. The number of hydrogen-bond donors (Lipinski definition) is 0. The van der Waals surface area contributed by atoms with Gasteiger partial charge >= 0.3 is 0 Å². The van der Waals surface area contributed by atoms with E-state index in [0.29, 0.717) is 44.3 Å². The number of amides is 1. The smallest absolute Gasteiger partial charge is 0.253 e. The number of nitrogens with zero attached hydrogens (tertiary/aromatic N) is 2. The zero-order valence-electron chi connectivity index (χ0n) is 16.6. The lowest BCUT2D eigenvalue weighted by Crippen LogP contribution is -2.43. The maximum Gasteiger partial charge on any atom is 0.253 e. The number of likely N-dealkylation sites (tertiary alicyclic amines) is 1. The summed E-state index contributed by atoms with van der Waals surface area (Å²) in [5.74, 6) is 0.139. The highest BCUT2D eigenvalue weighted by Gasteiger charge is 2.32. The fourth-order valence-electron chi connectivity index (χ4n) is 4.01. The van der Waals surface area contributed by atoms with Crippen LogP contribution in [0.25, 0.3) is 0 Å². The van der Waals surface area contributed by atoms with Gasteiger partial charge in [0.15, 0.2) is 0 Å². The molecule has 3 rings (SSSR count). The van der Waals surface area contributed by atoms with Crippen LogP contribution < -0.4 is 0 Å². The number of benzene rings is 1. The molecule has 6 nitrogen and oxygen atoms in total. The summed E-state index contributed by atoms with van der Waals surface area (Å²) >= 11 is 6.24. The van der Waals surface area contributed by atoms with Crippen molar-refractivity contribution in [1.29, 1.82) is 0 Å². The van der Waals surface area contributed by atoms with Gasteiger partial charge in [-0.2, -0.15) is 4.31 Å². The number of piperidine rings is 2. The van der Waals surface area contributed by atoms with E-state index in [1.54, 1.807) is 11.0 Å². The normalized spacial score (nSPS) is 24.3. The minimum absolute atomic E-state index is 0.0208. The van der Waals surface area contributed by atoms with Gasteiger partial charge < -0.3 is 9.64 Å². The lowest BCUT2D eigenvalue weighted by molar-refractivity contribution is 0.00723. The molecule has 2 aliphatic heterocycles. The van der Waals surface area contributed by atoms with E-state index in [2.05, 4.69) is 0 Å². The number of halogens is 1. The van der Waals surface area contributed by atoms with Crippen LogP contribution in [0.15, 0.2) is 23.1 Å². The lowest BCUT2D eigenvalue weighted by Gasteiger charge is -2.33. The van der Waals surface area contributed by atoms with E-state index in [4.69, 9.17) is 16.3 Å². The number of carbonyl (C=O) groups is 1. The Hall–Kier alpha value is -1.15. The second kappa shape index (κ2) is 9.11. The third kappa shape index (κ3) is 4.70. The maximum absolute atomic E-state index is 13.1. The number of rotatable bonds is 5. The Morgan fingerprint density at radius 3 is 2.68 bits per heavy atom. The van der Waals surface area contributed by atoms with Gasteiger partial charge in [0.05, 0.1) is 11.1 Å². The van der Waals surface area contributed by atoms with Gasteiger partial charge in [0.25, 0.3) is 5.91 Å². The average Bonchev–Trinajstić information content (AvgIpc) is 2.68. The van der Waals surface area contributed by atoms with Crippen LogP contribution in [0.1, 0.15) is 49.9 Å². The minimum Gasteiger partial charge on any atom is -0.377 e. The largest absolute Gasteiger partial charge is 0.377 e. The third-order valence-corrected chi connectivity index (χ3v) is 7.83. The summed E-state index contributed by atoms with van der Waals surface area (Å²) in [6.45, 7) is 6.76. The molecule has 0 N–H and O–H groups in total. The second-order valence-electron chi connectivity index (χ2n) is 7.73. The Bertz CT molecular complexity index is 812. The molecule has 2 saturated heterocycles. The van der Waals surface area contributed by atoms with Crippen molar-refractivity contribution in [2.24, 2.45) is 5.92 Å². The molecule has 2 unspecified atom stereocenters. The Morgan fingerprint density at radius 1 is 1.21 bits per heavy atom. The molecule has 0 radical (unpaired) electrons. The monoisotopic (exact) mass is 428 g/mol. The summed E-state index contributed by atoms with van der Waals surface area (Å²) < 4.78 is 33.4. The van der Waals surface area contributed by atoms with E-state index in [1.807, 2.05) is 13.8 Å². The molecule has 0 bridgehead atoms. The van der Waals surface area contributed by atoms with E-state index >= 15 is 0 Å². The van der Waals surface area contributed by atoms with E-state index in [0.717, 1.165) is 25.7 Å². The van der Waals surface area contributed by atoms with Crippen LogP contribution in [-0.4, -0.2) is 62.4 Å². The zero-order chi connectivity index (χ0) is 20.3. The average molecular weight is 429 g/mol. The number of ether oxygens (including phenoxy) is 1. The number of sulfonamides is 1. The molecule has 0 spiro atoms. The van der Waals surface area contributed by atoms with Gasteiger partial charge in [-0.3, -0.25) is 4.79 Å². The van der Waals surface area contributed by atoms with Crippen molar-refractivity contribution in [2.45, 2.75) is 50.5 Å². The van der Waals surface area contributed by atoms with Crippen molar-refractivity contribution in [3.8, 4) is 0 Å². The zero-order valence-corrected chi connectivity index (χ0v) is 18.1. The summed E-state index contributed by atoms with van der Waals surface area (Å²) in [6.07, 6.45) is 3.71. The van der Waals surface area contributed by atoms with Crippen LogP contribution in [0.5, 0.6) is 0 Å². The highest BCUT2D eigenvalue weighted by molar-refractivity contribution is 7.89. The quantitative estimate of drug-likeness (QED) is 0.720. The number of hydrogen-bond acceptors (Lipinski definition) is 4. The van der Waals surface area contributed by atoms with Crippen LogP contribution in [0.2, 0.25) is 5.02 Å². The topological polar surface area (TPSA) is 66.9 Å². The van der Waals surface area contributed by atoms with E-state index in [9.17, 15) is 13.2 Å². The third-order valence-electron chi connectivity index (χ3n) is 5.48. The molecule has 2 fully saturated rings. The molecule has 28 heavy (non-hydrogen) atoms. The van der Waals surface area contributed by atoms with Crippen molar-refractivity contribution < 1.29 is 17.9 Å². The minimum atomic E-state index is -3.73. The SMILES string of the molecule is CCOC1CCCN(C(=O)c2ccc(Cl)c(S(=O)(=O)N3CCCC(C)C3)c2)C1. The summed E-state index contributed by atoms with van der Waals surface area (Å²) in [5.41, 5.74) is 0.352. The summed E-state index contributed by atoms with van der Waals surface area (Å²) in [6, 6.07) is 4.55. The molecule has 156 valence electrons. The van der Waals surface area contributed by atoms with Crippen LogP contribution >= 0.6 is 11.6 Å². The molecule has 0 aromatic heterocycles. The Balaban J connectivity index is 1.84. The van der Waals surface area contributed by atoms with Gasteiger partial charge in [-0.15, -0.1) is 0 Å². The Morgan fingerprint density at radius 2 is 1.96 bits per heavy atom. The molecule has 2 atom stereocenters. The van der Waals surface area contributed by atoms with Gasteiger partial charge in [-0.05, 0) is 56.7 Å². The summed E-state index contributed by atoms with van der Waals surface area (Å²) in [5, 5.41) is 0.153.